The number of ether oxygens (including phenoxy) is 2. The lowest BCUT2D eigenvalue weighted by atomic mass is 10.5. The Kier molecular flexibility index (Phi) is 17.6. The summed E-state index contributed by atoms with van der Waals surface area (Å²) in [5.41, 5.74) is 0. The Labute approximate surface area is 105 Å². The second-order valence-electron chi connectivity index (χ2n) is 2.85. The molecule has 0 spiro atoms. The average molecular weight is 278 g/mol. The van der Waals surface area contributed by atoms with Gasteiger partial charge in [-0.1, -0.05) is 0 Å². The van der Waals surface area contributed by atoms with Crippen LogP contribution in [-0.2, 0) is 14.3 Å². The smallest absolute Gasteiger partial charge is 0.394 e. The lowest BCUT2D eigenvalue weighted by Crippen LogP contribution is -2.16. The van der Waals surface area contributed by atoms with Crippen molar-refractivity contribution >= 4 is 5.97 Å². The molecule has 0 aliphatic rings. The number of rotatable bonds is 3. The third-order valence-corrected chi connectivity index (χ3v) is 0.932. The van der Waals surface area contributed by atoms with Gasteiger partial charge in [0, 0.05) is 20.1 Å². The Bertz CT molecular complexity index is 181. The van der Waals surface area contributed by atoms with E-state index in [1.165, 1.54) is 6.92 Å². The van der Waals surface area contributed by atoms with Crippen molar-refractivity contribution in [3.63, 3.8) is 0 Å². The van der Waals surface area contributed by atoms with E-state index in [2.05, 4.69) is 4.74 Å². The fourth-order valence-corrected chi connectivity index (χ4v) is 0.367. The van der Waals surface area contributed by atoms with E-state index in [1.807, 2.05) is 13.8 Å². The van der Waals surface area contributed by atoms with Crippen molar-refractivity contribution in [2.45, 2.75) is 40.2 Å². The van der Waals surface area contributed by atoms with Gasteiger partial charge in [-0.2, -0.15) is 0 Å². The van der Waals surface area contributed by atoms with Crippen molar-refractivity contribution in [3.8, 4) is 0 Å². The van der Waals surface area contributed by atoms with Gasteiger partial charge in [0.05, 0.1) is 12.7 Å². The quantitative estimate of drug-likeness (QED) is 0.765. The molecule has 0 aliphatic carbocycles. The normalized spacial score (nSPS) is 11.4. The molecule has 0 aromatic rings. The highest BCUT2D eigenvalue weighted by atomic mass is 19.4. The highest BCUT2D eigenvalue weighted by Gasteiger charge is 2.32. The van der Waals surface area contributed by atoms with Crippen LogP contribution in [0.5, 0.6) is 0 Å². The van der Waals surface area contributed by atoms with E-state index < -0.39 is 18.4 Å². The molecule has 1 atom stereocenters. The van der Waals surface area contributed by atoms with Crippen LogP contribution in [0.15, 0.2) is 0 Å². The first-order valence-corrected chi connectivity index (χ1v) is 5.23. The number of carbonyl (C=O) groups is 1. The van der Waals surface area contributed by atoms with E-state index in [0.29, 0.717) is 6.92 Å². The van der Waals surface area contributed by atoms with Crippen LogP contribution in [0.4, 0.5) is 13.2 Å². The number of carbonyl (C=O) groups excluding carboxylic acids is 1. The first-order valence-electron chi connectivity index (χ1n) is 5.23. The van der Waals surface area contributed by atoms with Gasteiger partial charge in [-0.05, 0) is 20.8 Å². The molecule has 112 valence electrons. The number of halogens is 3. The van der Waals surface area contributed by atoms with Crippen molar-refractivity contribution in [1.82, 2.24) is 0 Å². The van der Waals surface area contributed by atoms with Crippen LogP contribution in [0.3, 0.4) is 0 Å². The molecular formula is C10H21F3O5. The second-order valence-corrected chi connectivity index (χ2v) is 2.85. The van der Waals surface area contributed by atoms with E-state index in [1.54, 1.807) is 0 Å². The number of esters is 1. The van der Waals surface area contributed by atoms with Crippen LogP contribution in [0.2, 0.25) is 0 Å². The van der Waals surface area contributed by atoms with Gasteiger partial charge in [-0.3, -0.25) is 4.79 Å². The van der Waals surface area contributed by atoms with E-state index in [9.17, 15) is 18.0 Å². The molecule has 0 rings (SSSR count). The fraction of sp³-hybridized carbons (Fsp3) is 0.900. The largest absolute Gasteiger partial charge is 0.575 e. The maximum Gasteiger partial charge on any atom is 0.575 e. The molecule has 5 nitrogen and oxygen atoms in total. The van der Waals surface area contributed by atoms with Gasteiger partial charge in [0.25, 0.3) is 0 Å². The molecule has 0 radical (unpaired) electrons. The zero-order chi connectivity index (χ0) is 15.2. The van der Waals surface area contributed by atoms with Crippen molar-refractivity contribution in [2.24, 2.45) is 0 Å². The molecule has 0 saturated heterocycles. The Morgan fingerprint density at radius 2 is 1.61 bits per heavy atom. The summed E-state index contributed by atoms with van der Waals surface area (Å²) in [6.07, 6.45) is -5.39. The minimum absolute atomic E-state index is 0.139. The number of hydrogen-bond donors (Lipinski definition) is 2. The van der Waals surface area contributed by atoms with Crippen LogP contribution >= 0.6 is 0 Å². The van der Waals surface area contributed by atoms with E-state index >= 15 is 0 Å². The molecule has 2 N–H and O–H groups in total. The van der Waals surface area contributed by atoms with Crippen molar-refractivity contribution in [1.29, 1.82) is 0 Å². The molecule has 8 heteroatoms. The maximum absolute atomic E-state index is 10.9. The predicted molar refractivity (Wildman–Crippen MR) is 58.8 cm³/mol. The van der Waals surface area contributed by atoms with Gasteiger partial charge < -0.3 is 19.7 Å². The molecule has 0 amide bonds. The standard InChI is InChI=1S/C4H10O.C3H3F3O2.C3H8O2/c1-3-5-4-2;1-2(7)8-3(4,5)6;1-3(5)2-4/h3-4H2,1-2H3;1H3;3-5H,2H2,1H3. The SMILES string of the molecule is CC(=O)OC(F)(F)F.CC(O)CO.CCOCC. The lowest BCUT2D eigenvalue weighted by Gasteiger charge is -2.02. The van der Waals surface area contributed by atoms with Gasteiger partial charge in [0.1, 0.15) is 0 Å². The molecule has 0 aromatic heterocycles. The Balaban J connectivity index is -0.000000197. The highest BCUT2D eigenvalue weighted by Crippen LogP contribution is 2.15. The summed E-state index contributed by atoms with van der Waals surface area (Å²) < 4.78 is 40.2. The summed E-state index contributed by atoms with van der Waals surface area (Å²) in [6.45, 7) is 7.74. The molecule has 18 heavy (non-hydrogen) atoms. The molecule has 0 saturated carbocycles. The van der Waals surface area contributed by atoms with Crippen molar-refractivity contribution in [2.75, 3.05) is 19.8 Å². The molecule has 0 bridgehead atoms. The minimum Gasteiger partial charge on any atom is -0.394 e. The van der Waals surface area contributed by atoms with Gasteiger partial charge in [0.2, 0.25) is 0 Å². The molecular weight excluding hydrogens is 257 g/mol. The number of alkyl halides is 3. The molecule has 0 aromatic carbocycles. The third kappa shape index (κ3) is 45.7. The van der Waals surface area contributed by atoms with Gasteiger partial charge in [-0.25, -0.2) is 0 Å². The zero-order valence-corrected chi connectivity index (χ0v) is 11.0. The first kappa shape index (κ1) is 22.3. The van der Waals surface area contributed by atoms with Crippen LogP contribution in [0, 0.1) is 0 Å². The molecule has 1 unspecified atom stereocenters. The van der Waals surface area contributed by atoms with Crippen LogP contribution < -0.4 is 0 Å². The molecule has 0 fully saturated rings. The average Bonchev–Trinajstić information content (AvgIpc) is 2.16. The van der Waals surface area contributed by atoms with Crippen LogP contribution in [-0.4, -0.2) is 48.5 Å². The van der Waals surface area contributed by atoms with Crippen molar-refractivity contribution < 1.29 is 37.7 Å². The maximum atomic E-state index is 10.9. The Hall–Kier alpha value is -0.860. The third-order valence-electron chi connectivity index (χ3n) is 0.932. The zero-order valence-electron chi connectivity index (χ0n) is 11.0. The summed E-state index contributed by atoms with van der Waals surface area (Å²) in [5, 5.41) is 16.0. The topological polar surface area (TPSA) is 76.0 Å². The summed E-state index contributed by atoms with van der Waals surface area (Å²) >= 11 is 0. The van der Waals surface area contributed by atoms with Crippen LogP contribution in [0.25, 0.3) is 0 Å². The highest BCUT2D eigenvalue weighted by molar-refractivity contribution is 5.66. The van der Waals surface area contributed by atoms with Crippen molar-refractivity contribution in [3.05, 3.63) is 0 Å². The van der Waals surface area contributed by atoms with E-state index in [-0.39, 0.29) is 6.61 Å². The lowest BCUT2D eigenvalue weighted by molar-refractivity contribution is -0.304. The minimum atomic E-state index is -4.83. The summed E-state index contributed by atoms with van der Waals surface area (Å²) in [7, 11) is 0. The second kappa shape index (κ2) is 14.2. The Morgan fingerprint density at radius 1 is 1.28 bits per heavy atom. The number of aliphatic hydroxyl groups excluding tert-OH is 2. The number of hydrogen-bond acceptors (Lipinski definition) is 5. The monoisotopic (exact) mass is 278 g/mol. The van der Waals surface area contributed by atoms with Crippen LogP contribution in [0.1, 0.15) is 27.7 Å². The van der Waals surface area contributed by atoms with Gasteiger partial charge in [-0.15, -0.1) is 13.2 Å². The Morgan fingerprint density at radius 3 is 1.61 bits per heavy atom. The summed E-state index contributed by atoms with van der Waals surface area (Å²) in [6, 6.07) is 0. The first-order chi connectivity index (χ1) is 8.10. The van der Waals surface area contributed by atoms with Gasteiger partial charge in [0.15, 0.2) is 0 Å². The fourth-order valence-electron chi connectivity index (χ4n) is 0.367. The van der Waals surface area contributed by atoms with E-state index in [0.717, 1.165) is 13.2 Å². The predicted octanol–water partition coefficient (Wildman–Crippen LogP) is 1.47. The molecule has 0 heterocycles. The summed E-state index contributed by atoms with van der Waals surface area (Å²) in [5.74, 6) is -1.35. The number of aliphatic hydroxyl groups is 2. The van der Waals surface area contributed by atoms with Gasteiger partial charge >= 0.3 is 12.3 Å². The van der Waals surface area contributed by atoms with E-state index in [4.69, 9.17) is 14.9 Å². The summed E-state index contributed by atoms with van der Waals surface area (Å²) in [4.78, 5) is 9.52. The molecule has 0 aliphatic heterocycles.